The number of nitrogens with zero attached hydrogens (tertiary/aromatic N) is 3. The average Bonchev–Trinajstić information content (AvgIpc) is 3.60. The van der Waals surface area contributed by atoms with E-state index in [1.165, 1.54) is 36.8 Å². The number of rotatable bonds is 4. The Bertz CT molecular complexity index is 1650. The summed E-state index contributed by atoms with van der Waals surface area (Å²) < 4.78 is 28.9. The van der Waals surface area contributed by atoms with Gasteiger partial charge in [-0.3, -0.25) is 19.2 Å². The molecule has 0 spiro atoms. The standard InChI is InChI=1S/C32H34F2IN5O4/c1-18(41)38-12-10-24-6-8-28(31(44)39-11-9-19-14-23(35)5-3-20(19)16-39)40(24)30(43)27(17-38)37-29(42)26-15-21-13-22(32(2,33)34)4-7-25(21)36-26/h3-5,7,13-15,24,27-28,36H,6,8-12,16-17H2,1-2H3,(H,37,42)/t24-,27+,28+/m1/s1. The third-order valence-corrected chi connectivity index (χ3v) is 9.76. The number of halogens is 3. The maximum Gasteiger partial charge on any atom is 0.270 e. The number of aromatic nitrogens is 1. The Balaban J connectivity index is 1.24. The number of nitrogens with one attached hydrogen (secondary N) is 2. The molecule has 1 aromatic heterocycles. The van der Waals surface area contributed by atoms with Crippen molar-refractivity contribution in [3.63, 3.8) is 0 Å². The predicted molar refractivity (Wildman–Crippen MR) is 168 cm³/mol. The topological polar surface area (TPSA) is 106 Å². The molecular weight excluding hydrogens is 683 g/mol. The van der Waals surface area contributed by atoms with E-state index in [-0.39, 0.29) is 35.7 Å². The molecule has 4 heterocycles. The summed E-state index contributed by atoms with van der Waals surface area (Å²) in [6, 6.07) is 9.83. The van der Waals surface area contributed by atoms with Gasteiger partial charge in [-0.15, -0.1) is 0 Å². The fourth-order valence-corrected chi connectivity index (χ4v) is 7.25. The van der Waals surface area contributed by atoms with E-state index in [4.69, 9.17) is 0 Å². The molecule has 3 aromatic rings. The molecule has 232 valence electrons. The zero-order valence-corrected chi connectivity index (χ0v) is 26.7. The number of carbonyl (C=O) groups excluding carboxylic acids is 4. The summed E-state index contributed by atoms with van der Waals surface area (Å²) in [5, 5.41) is 3.22. The summed E-state index contributed by atoms with van der Waals surface area (Å²) in [4.78, 5) is 62.0. The van der Waals surface area contributed by atoms with Gasteiger partial charge in [-0.1, -0.05) is 12.1 Å². The average molecular weight is 718 g/mol. The van der Waals surface area contributed by atoms with Crippen molar-refractivity contribution in [2.24, 2.45) is 0 Å². The SMILES string of the molecule is CC(=O)N1CC[C@H]2CC[C@@H](C(=O)N3CCc4cc(I)ccc4C3)N2C(=O)[C@@H](NC(=O)c2cc3cc(C(C)(F)F)ccc3[nH]2)C1. The highest BCUT2D eigenvalue weighted by Gasteiger charge is 2.46. The molecule has 3 aliphatic heterocycles. The van der Waals surface area contributed by atoms with Crippen molar-refractivity contribution >= 4 is 57.1 Å². The van der Waals surface area contributed by atoms with E-state index in [9.17, 15) is 28.0 Å². The largest absolute Gasteiger partial charge is 0.351 e. The van der Waals surface area contributed by atoms with E-state index in [1.54, 1.807) is 9.80 Å². The number of hydrogen-bond donors (Lipinski definition) is 2. The van der Waals surface area contributed by atoms with Crippen LogP contribution in [0.5, 0.6) is 0 Å². The summed E-state index contributed by atoms with van der Waals surface area (Å²) in [6.45, 7) is 3.65. The molecule has 0 unspecified atom stereocenters. The van der Waals surface area contributed by atoms with Crippen LogP contribution in [0.3, 0.4) is 0 Å². The molecule has 0 saturated carbocycles. The maximum absolute atomic E-state index is 14.2. The van der Waals surface area contributed by atoms with Crippen molar-refractivity contribution < 1.29 is 28.0 Å². The smallest absolute Gasteiger partial charge is 0.270 e. The van der Waals surface area contributed by atoms with Gasteiger partial charge in [0.15, 0.2) is 0 Å². The summed E-state index contributed by atoms with van der Waals surface area (Å²) in [7, 11) is 0. The second-order valence-electron chi connectivity index (χ2n) is 12.1. The van der Waals surface area contributed by atoms with E-state index < -0.39 is 29.8 Å². The van der Waals surface area contributed by atoms with E-state index in [2.05, 4.69) is 45.0 Å². The first-order chi connectivity index (χ1) is 20.9. The lowest BCUT2D eigenvalue weighted by Gasteiger charge is -2.40. The molecule has 2 saturated heterocycles. The van der Waals surface area contributed by atoms with Gasteiger partial charge in [0.1, 0.15) is 17.8 Å². The quantitative estimate of drug-likeness (QED) is 0.396. The van der Waals surface area contributed by atoms with Crippen LogP contribution in [0.4, 0.5) is 8.78 Å². The monoisotopic (exact) mass is 717 g/mol. The number of H-pyrrole nitrogens is 1. The van der Waals surface area contributed by atoms with Crippen LogP contribution in [0, 0.1) is 3.57 Å². The lowest BCUT2D eigenvalue weighted by molar-refractivity contribution is -0.149. The van der Waals surface area contributed by atoms with Gasteiger partial charge in [0, 0.05) is 66.1 Å². The molecule has 2 N–H and O–H groups in total. The Kier molecular flexibility index (Phi) is 8.14. The van der Waals surface area contributed by atoms with Gasteiger partial charge in [-0.25, -0.2) is 8.78 Å². The summed E-state index contributed by atoms with van der Waals surface area (Å²) >= 11 is 2.28. The van der Waals surface area contributed by atoms with Crippen LogP contribution in [-0.4, -0.2) is 81.1 Å². The first-order valence-corrected chi connectivity index (χ1v) is 15.9. The fourth-order valence-electron chi connectivity index (χ4n) is 6.69. The Morgan fingerprint density at radius 3 is 2.55 bits per heavy atom. The Morgan fingerprint density at radius 1 is 1.00 bits per heavy atom. The Labute approximate surface area is 267 Å². The van der Waals surface area contributed by atoms with Crippen molar-refractivity contribution in [2.75, 3.05) is 19.6 Å². The van der Waals surface area contributed by atoms with Crippen LogP contribution >= 0.6 is 22.6 Å². The molecule has 9 nitrogen and oxygen atoms in total. The zero-order valence-electron chi connectivity index (χ0n) is 24.5. The molecule has 3 atom stereocenters. The molecule has 44 heavy (non-hydrogen) atoms. The summed E-state index contributed by atoms with van der Waals surface area (Å²) in [5.41, 5.74) is 2.77. The number of amides is 4. The number of carbonyl (C=O) groups is 4. The van der Waals surface area contributed by atoms with Crippen LogP contribution < -0.4 is 5.32 Å². The molecule has 4 amide bonds. The maximum atomic E-state index is 14.2. The molecule has 0 aliphatic carbocycles. The second kappa shape index (κ2) is 11.8. The van der Waals surface area contributed by atoms with Crippen LogP contribution in [0.25, 0.3) is 10.9 Å². The lowest BCUT2D eigenvalue weighted by Crippen LogP contribution is -2.61. The Hall–Kier alpha value is -3.55. The summed E-state index contributed by atoms with van der Waals surface area (Å²) in [6.07, 6.45) is 2.43. The number of aromatic amines is 1. The van der Waals surface area contributed by atoms with Gasteiger partial charge >= 0.3 is 0 Å². The van der Waals surface area contributed by atoms with E-state index in [0.29, 0.717) is 49.8 Å². The Morgan fingerprint density at radius 2 is 1.80 bits per heavy atom. The van der Waals surface area contributed by atoms with Crippen LogP contribution in [0.1, 0.15) is 60.3 Å². The molecule has 0 bridgehead atoms. The van der Waals surface area contributed by atoms with Crippen molar-refractivity contribution in [1.82, 2.24) is 25.0 Å². The van der Waals surface area contributed by atoms with Crippen LogP contribution in [0.15, 0.2) is 42.5 Å². The molecule has 2 fully saturated rings. The predicted octanol–water partition coefficient (Wildman–Crippen LogP) is 4.18. The van der Waals surface area contributed by atoms with Gasteiger partial charge in [0.05, 0.1) is 0 Å². The van der Waals surface area contributed by atoms with Gasteiger partial charge in [-0.2, -0.15) is 0 Å². The van der Waals surface area contributed by atoms with Crippen molar-refractivity contribution in [3.05, 3.63) is 68.4 Å². The highest BCUT2D eigenvalue weighted by Crippen LogP contribution is 2.33. The minimum atomic E-state index is -3.04. The molecule has 6 rings (SSSR count). The molecule has 3 aliphatic rings. The fraction of sp³-hybridized carbons (Fsp3) is 0.438. The van der Waals surface area contributed by atoms with E-state index in [1.807, 2.05) is 11.0 Å². The van der Waals surface area contributed by atoms with Gasteiger partial charge in [-0.05, 0) is 89.7 Å². The third-order valence-electron chi connectivity index (χ3n) is 9.09. The molecular formula is C32H34F2IN5O4. The van der Waals surface area contributed by atoms with Crippen LogP contribution in [0.2, 0.25) is 0 Å². The van der Waals surface area contributed by atoms with E-state index >= 15 is 0 Å². The van der Waals surface area contributed by atoms with Crippen molar-refractivity contribution in [1.29, 1.82) is 0 Å². The van der Waals surface area contributed by atoms with Crippen LogP contribution in [-0.2, 0) is 33.3 Å². The van der Waals surface area contributed by atoms with Gasteiger partial charge in [0.2, 0.25) is 17.7 Å². The highest BCUT2D eigenvalue weighted by molar-refractivity contribution is 14.1. The minimum Gasteiger partial charge on any atom is -0.351 e. The summed E-state index contributed by atoms with van der Waals surface area (Å²) in [5.74, 6) is -4.35. The first kappa shape index (κ1) is 30.5. The first-order valence-electron chi connectivity index (χ1n) is 14.8. The second-order valence-corrected chi connectivity index (χ2v) is 13.3. The molecule has 0 radical (unpaired) electrons. The zero-order chi connectivity index (χ0) is 31.3. The lowest BCUT2D eigenvalue weighted by atomic mass is 9.99. The molecule has 2 aromatic carbocycles. The number of alkyl halides is 2. The van der Waals surface area contributed by atoms with Crippen molar-refractivity contribution in [3.8, 4) is 0 Å². The highest BCUT2D eigenvalue weighted by atomic mass is 127. The minimum absolute atomic E-state index is 0.0355. The number of fused-ring (bicyclic) bond motifs is 3. The van der Waals surface area contributed by atoms with E-state index in [0.717, 1.165) is 22.5 Å². The number of hydrogen-bond acceptors (Lipinski definition) is 4. The van der Waals surface area contributed by atoms with Gasteiger partial charge in [0.25, 0.3) is 11.8 Å². The normalized spacial score (nSPS) is 22.3. The number of benzene rings is 2. The third kappa shape index (κ3) is 5.92. The van der Waals surface area contributed by atoms with Gasteiger partial charge < -0.3 is 25.0 Å². The van der Waals surface area contributed by atoms with Crippen molar-refractivity contribution in [2.45, 2.75) is 70.1 Å². The molecule has 12 heteroatoms.